The Labute approximate surface area is 70.7 Å². The van der Waals surface area contributed by atoms with Crippen LogP contribution in [-0.4, -0.2) is 11.7 Å². The molecule has 0 atom stereocenters. The van der Waals surface area contributed by atoms with Crippen molar-refractivity contribution in [3.8, 4) is 0 Å². The van der Waals surface area contributed by atoms with E-state index in [1.807, 2.05) is 0 Å². The van der Waals surface area contributed by atoms with Crippen LogP contribution in [-0.2, 0) is 0 Å². The Morgan fingerprint density at radius 2 is 1.92 bits per heavy atom. The quantitative estimate of drug-likeness (QED) is 0.652. The summed E-state index contributed by atoms with van der Waals surface area (Å²) in [6, 6.07) is 0. The van der Waals surface area contributed by atoms with E-state index in [2.05, 4.69) is 6.58 Å². The van der Waals surface area contributed by atoms with Crippen LogP contribution in [0.2, 0.25) is 0 Å². The molecule has 0 aromatic carbocycles. The van der Waals surface area contributed by atoms with Gasteiger partial charge in [-0.05, 0) is 25.5 Å². The van der Waals surface area contributed by atoms with Crippen molar-refractivity contribution in [3.05, 3.63) is 35.5 Å². The SMILES string of the molecule is C=C(CO)/C(F)=C\C(C)=C(/C)F. The molecule has 0 bridgehead atoms. The van der Waals surface area contributed by atoms with Gasteiger partial charge in [0.15, 0.2) is 0 Å². The molecule has 0 aliphatic carbocycles. The maximum Gasteiger partial charge on any atom is 0.128 e. The molecule has 0 aromatic rings. The Balaban J connectivity index is 4.58. The van der Waals surface area contributed by atoms with E-state index in [4.69, 9.17) is 5.11 Å². The molecule has 3 heteroatoms. The van der Waals surface area contributed by atoms with Gasteiger partial charge in [0, 0.05) is 5.57 Å². The molecular weight excluding hydrogens is 162 g/mol. The van der Waals surface area contributed by atoms with Gasteiger partial charge < -0.3 is 5.11 Å². The van der Waals surface area contributed by atoms with Crippen LogP contribution in [0.5, 0.6) is 0 Å². The molecule has 0 heterocycles. The zero-order valence-electron chi connectivity index (χ0n) is 7.19. The number of hydrogen-bond acceptors (Lipinski definition) is 1. The van der Waals surface area contributed by atoms with Gasteiger partial charge in [0.05, 0.1) is 12.4 Å². The normalized spacial score (nSPS) is 14.2. The minimum atomic E-state index is -0.688. The summed E-state index contributed by atoms with van der Waals surface area (Å²) in [5.41, 5.74) is 0.151. The Morgan fingerprint density at radius 3 is 2.25 bits per heavy atom. The molecule has 0 saturated heterocycles. The Bertz CT molecular complexity index is 235. The summed E-state index contributed by atoms with van der Waals surface area (Å²) in [5.74, 6) is -1.14. The van der Waals surface area contributed by atoms with Crippen molar-refractivity contribution in [1.82, 2.24) is 0 Å². The molecule has 1 N–H and O–H groups in total. The molecule has 0 rings (SSSR count). The first-order chi connectivity index (χ1) is 5.49. The number of rotatable bonds is 3. The fourth-order valence-corrected chi connectivity index (χ4v) is 0.467. The lowest BCUT2D eigenvalue weighted by Crippen LogP contribution is -1.89. The van der Waals surface area contributed by atoms with Crippen LogP contribution in [0.4, 0.5) is 8.78 Å². The molecule has 0 fully saturated rings. The number of aliphatic hydroxyl groups is 1. The van der Waals surface area contributed by atoms with E-state index in [1.54, 1.807) is 0 Å². The molecule has 0 radical (unpaired) electrons. The zero-order chi connectivity index (χ0) is 9.72. The molecule has 0 amide bonds. The molecular formula is C9H12F2O. The van der Waals surface area contributed by atoms with Crippen molar-refractivity contribution in [2.45, 2.75) is 13.8 Å². The summed E-state index contributed by atoms with van der Waals surface area (Å²) < 4.78 is 25.2. The highest BCUT2D eigenvalue weighted by atomic mass is 19.1. The van der Waals surface area contributed by atoms with Gasteiger partial charge in [-0.2, -0.15) is 0 Å². The topological polar surface area (TPSA) is 20.2 Å². The van der Waals surface area contributed by atoms with Crippen molar-refractivity contribution in [2.24, 2.45) is 0 Å². The van der Waals surface area contributed by atoms with Crippen molar-refractivity contribution in [3.63, 3.8) is 0 Å². The van der Waals surface area contributed by atoms with Gasteiger partial charge in [0.2, 0.25) is 0 Å². The average molecular weight is 174 g/mol. The monoisotopic (exact) mass is 174 g/mol. The van der Waals surface area contributed by atoms with Gasteiger partial charge in [-0.3, -0.25) is 0 Å². The summed E-state index contributed by atoms with van der Waals surface area (Å²) in [6.07, 6.45) is 1.01. The number of allylic oxidation sites excluding steroid dienone is 3. The van der Waals surface area contributed by atoms with E-state index in [0.29, 0.717) is 0 Å². The fraction of sp³-hybridized carbons (Fsp3) is 0.333. The highest BCUT2D eigenvalue weighted by Gasteiger charge is 2.00. The smallest absolute Gasteiger partial charge is 0.128 e. The van der Waals surface area contributed by atoms with Gasteiger partial charge >= 0.3 is 0 Å². The molecule has 0 aromatic heterocycles. The van der Waals surface area contributed by atoms with Crippen LogP contribution in [0.25, 0.3) is 0 Å². The van der Waals surface area contributed by atoms with Crippen molar-refractivity contribution in [1.29, 1.82) is 0 Å². The van der Waals surface area contributed by atoms with Crippen LogP contribution in [0, 0.1) is 0 Å². The van der Waals surface area contributed by atoms with Crippen LogP contribution < -0.4 is 0 Å². The van der Waals surface area contributed by atoms with E-state index < -0.39 is 18.3 Å². The summed E-state index contributed by atoms with van der Waals surface area (Å²) in [6.45, 7) is 5.47. The second-order valence-corrected chi connectivity index (χ2v) is 2.47. The molecule has 1 nitrogen and oxygen atoms in total. The van der Waals surface area contributed by atoms with E-state index >= 15 is 0 Å². The number of halogens is 2. The predicted octanol–water partition coefficient (Wildman–Crippen LogP) is 2.65. The van der Waals surface area contributed by atoms with E-state index in [1.165, 1.54) is 13.8 Å². The first-order valence-corrected chi connectivity index (χ1v) is 3.48. The molecule has 0 aliphatic heterocycles. The summed E-state index contributed by atoms with van der Waals surface area (Å²) >= 11 is 0. The Hall–Kier alpha value is -0.960. The first-order valence-electron chi connectivity index (χ1n) is 3.48. The summed E-state index contributed by atoms with van der Waals surface area (Å²) in [5, 5.41) is 8.47. The van der Waals surface area contributed by atoms with E-state index in [0.717, 1.165) is 6.08 Å². The van der Waals surface area contributed by atoms with Gasteiger partial charge in [-0.1, -0.05) is 6.58 Å². The maximum atomic E-state index is 12.8. The lowest BCUT2D eigenvalue weighted by atomic mass is 10.2. The third-order valence-corrected chi connectivity index (χ3v) is 1.42. The third-order valence-electron chi connectivity index (χ3n) is 1.42. The van der Waals surface area contributed by atoms with Crippen LogP contribution in [0.3, 0.4) is 0 Å². The number of aliphatic hydroxyl groups excluding tert-OH is 1. The second-order valence-electron chi connectivity index (χ2n) is 2.47. The zero-order valence-corrected chi connectivity index (χ0v) is 7.19. The van der Waals surface area contributed by atoms with Gasteiger partial charge in [-0.25, -0.2) is 8.78 Å². The van der Waals surface area contributed by atoms with Crippen LogP contribution >= 0.6 is 0 Å². The molecule has 68 valence electrons. The van der Waals surface area contributed by atoms with Gasteiger partial charge in [0.25, 0.3) is 0 Å². The molecule has 0 unspecified atom stereocenters. The standard InChI is InChI=1S/C9H12F2O/c1-6(8(3)10)4-9(11)7(2)5-12/h4,12H,2,5H2,1,3H3/b8-6+,9-4+. The van der Waals surface area contributed by atoms with Crippen LogP contribution in [0.15, 0.2) is 35.5 Å². The maximum absolute atomic E-state index is 12.8. The lowest BCUT2D eigenvalue weighted by molar-refractivity contribution is 0.328. The highest BCUT2D eigenvalue weighted by molar-refractivity contribution is 5.31. The molecule has 12 heavy (non-hydrogen) atoms. The molecule has 0 saturated carbocycles. The summed E-state index contributed by atoms with van der Waals surface area (Å²) in [4.78, 5) is 0. The van der Waals surface area contributed by atoms with Crippen molar-refractivity contribution < 1.29 is 13.9 Å². The third kappa shape index (κ3) is 3.44. The lowest BCUT2D eigenvalue weighted by Gasteiger charge is -1.98. The highest BCUT2D eigenvalue weighted by Crippen LogP contribution is 2.14. The van der Waals surface area contributed by atoms with E-state index in [9.17, 15) is 8.78 Å². The number of hydrogen-bond donors (Lipinski definition) is 1. The van der Waals surface area contributed by atoms with Crippen molar-refractivity contribution in [2.75, 3.05) is 6.61 Å². The average Bonchev–Trinajstić information content (AvgIpc) is 2.02. The first kappa shape index (κ1) is 11.0. The Kier molecular flexibility index (Phi) is 4.44. The fourth-order valence-electron chi connectivity index (χ4n) is 0.467. The van der Waals surface area contributed by atoms with E-state index in [-0.39, 0.29) is 11.1 Å². The van der Waals surface area contributed by atoms with Crippen LogP contribution in [0.1, 0.15) is 13.8 Å². The van der Waals surface area contributed by atoms with Crippen molar-refractivity contribution >= 4 is 0 Å². The van der Waals surface area contributed by atoms with Gasteiger partial charge in [0.1, 0.15) is 5.83 Å². The Morgan fingerprint density at radius 1 is 1.42 bits per heavy atom. The predicted molar refractivity (Wildman–Crippen MR) is 44.9 cm³/mol. The largest absolute Gasteiger partial charge is 0.392 e. The minimum Gasteiger partial charge on any atom is -0.392 e. The second kappa shape index (κ2) is 4.83. The summed E-state index contributed by atoms with van der Waals surface area (Å²) in [7, 11) is 0. The minimum absolute atomic E-state index is 0.0457. The molecule has 0 aliphatic rings. The molecule has 0 spiro atoms. The van der Waals surface area contributed by atoms with Gasteiger partial charge in [-0.15, -0.1) is 0 Å².